The molecule has 34 heavy (non-hydrogen) atoms. The summed E-state index contributed by atoms with van der Waals surface area (Å²) in [7, 11) is 1.60. The minimum Gasteiger partial charge on any atom is -0.496 e. The fraction of sp³-hybridized carbons (Fsp3) is 0.0741. The number of benzene rings is 3. The number of nitrogens with zero attached hydrogens (tertiary/aromatic N) is 2. The lowest BCUT2D eigenvalue weighted by Gasteiger charge is -2.14. The van der Waals surface area contributed by atoms with Gasteiger partial charge in [0.25, 0.3) is 0 Å². The Balaban J connectivity index is 1.71. The Labute approximate surface area is 210 Å². The molecular weight excluding hydrogens is 510 g/mol. The Kier molecular flexibility index (Phi) is 7.63. The van der Waals surface area contributed by atoms with Gasteiger partial charge in [-0.15, -0.1) is 0 Å². The molecule has 1 N–H and O–H groups in total. The molecule has 168 valence electrons. The van der Waals surface area contributed by atoms with Gasteiger partial charge in [0, 0.05) is 26.9 Å². The van der Waals surface area contributed by atoms with E-state index in [2.05, 4.69) is 27.3 Å². The van der Waals surface area contributed by atoms with Gasteiger partial charge in [-0.25, -0.2) is 4.98 Å². The SMILES string of the molecule is COc1ccccc1-c1cc(-c2ccccc2)nc(SCC(=O)Nc2ccc(Br)cc2)c1C#N. The molecule has 4 rings (SSSR count). The molecule has 0 radical (unpaired) electrons. The molecule has 5 nitrogen and oxygen atoms in total. The third-order valence-corrected chi connectivity index (χ3v) is 6.54. The Morgan fingerprint density at radius 2 is 1.74 bits per heavy atom. The maximum Gasteiger partial charge on any atom is 0.234 e. The van der Waals surface area contributed by atoms with E-state index in [1.54, 1.807) is 7.11 Å². The van der Waals surface area contributed by atoms with Gasteiger partial charge in [-0.05, 0) is 36.4 Å². The van der Waals surface area contributed by atoms with Crippen LogP contribution in [-0.2, 0) is 4.79 Å². The van der Waals surface area contributed by atoms with Gasteiger partial charge in [0.15, 0.2) is 0 Å². The fourth-order valence-corrected chi connectivity index (χ4v) is 4.50. The molecule has 0 spiro atoms. The number of carbonyl (C=O) groups is 1. The molecule has 1 heterocycles. The van der Waals surface area contributed by atoms with Crippen LogP contribution in [0.3, 0.4) is 0 Å². The summed E-state index contributed by atoms with van der Waals surface area (Å²) < 4.78 is 6.49. The van der Waals surface area contributed by atoms with Gasteiger partial charge in [-0.3, -0.25) is 4.79 Å². The molecule has 0 unspecified atom stereocenters. The molecule has 7 heteroatoms. The molecule has 1 aromatic heterocycles. The third kappa shape index (κ3) is 5.48. The number of hydrogen-bond acceptors (Lipinski definition) is 5. The average molecular weight is 530 g/mol. The summed E-state index contributed by atoms with van der Waals surface area (Å²) in [6.07, 6.45) is 0. The number of rotatable bonds is 7. The van der Waals surface area contributed by atoms with Crippen molar-refractivity contribution >= 4 is 39.3 Å². The summed E-state index contributed by atoms with van der Waals surface area (Å²) in [5.41, 5.74) is 4.26. The normalized spacial score (nSPS) is 10.4. The van der Waals surface area contributed by atoms with E-state index in [1.165, 1.54) is 11.8 Å². The molecule has 0 fully saturated rings. The number of anilines is 1. The van der Waals surface area contributed by atoms with Crippen LogP contribution >= 0.6 is 27.7 Å². The van der Waals surface area contributed by atoms with Gasteiger partial charge < -0.3 is 10.1 Å². The highest BCUT2D eigenvalue weighted by Gasteiger charge is 2.19. The van der Waals surface area contributed by atoms with Crippen molar-refractivity contribution < 1.29 is 9.53 Å². The van der Waals surface area contributed by atoms with E-state index in [-0.39, 0.29) is 11.7 Å². The van der Waals surface area contributed by atoms with Crippen LogP contribution in [0, 0.1) is 11.3 Å². The highest BCUT2D eigenvalue weighted by Crippen LogP contribution is 2.38. The quantitative estimate of drug-likeness (QED) is 0.267. The number of amides is 1. The molecule has 0 aliphatic carbocycles. The minimum atomic E-state index is -0.179. The van der Waals surface area contributed by atoms with Crippen molar-refractivity contribution in [1.29, 1.82) is 5.26 Å². The second-order valence-electron chi connectivity index (χ2n) is 7.26. The summed E-state index contributed by atoms with van der Waals surface area (Å²) in [5, 5.41) is 13.4. The van der Waals surface area contributed by atoms with Crippen LogP contribution in [0.1, 0.15) is 5.56 Å². The van der Waals surface area contributed by atoms with Crippen LogP contribution in [0.15, 0.2) is 94.4 Å². The van der Waals surface area contributed by atoms with Crippen LogP contribution < -0.4 is 10.1 Å². The lowest BCUT2D eigenvalue weighted by molar-refractivity contribution is -0.113. The standard InChI is InChI=1S/C27H20BrN3O2S/c1-33-25-10-6-5-9-21(25)22-15-24(18-7-3-2-4-8-18)31-27(23(22)16-29)34-17-26(32)30-20-13-11-19(28)12-14-20/h2-15H,17H2,1H3,(H,30,32). The second kappa shape index (κ2) is 11.0. The lowest BCUT2D eigenvalue weighted by Crippen LogP contribution is -2.14. The van der Waals surface area contributed by atoms with Gasteiger partial charge in [0.2, 0.25) is 5.91 Å². The molecule has 4 aromatic rings. The first kappa shape index (κ1) is 23.6. The molecular formula is C27H20BrN3O2S. The predicted octanol–water partition coefficient (Wildman–Crippen LogP) is 6.79. The van der Waals surface area contributed by atoms with Crippen LogP contribution in [0.2, 0.25) is 0 Å². The van der Waals surface area contributed by atoms with Gasteiger partial charge in [0.1, 0.15) is 16.8 Å². The summed E-state index contributed by atoms with van der Waals surface area (Å²) in [6.45, 7) is 0. The predicted molar refractivity (Wildman–Crippen MR) is 140 cm³/mol. The van der Waals surface area contributed by atoms with Gasteiger partial charge in [0.05, 0.1) is 24.1 Å². The van der Waals surface area contributed by atoms with Crippen molar-refractivity contribution in [3.05, 3.63) is 95.0 Å². The molecule has 3 aromatic carbocycles. The molecule has 0 atom stereocenters. The molecule has 0 saturated heterocycles. The number of thioether (sulfide) groups is 1. The van der Waals surface area contributed by atoms with Crippen LogP contribution in [0.5, 0.6) is 5.75 Å². The number of carbonyl (C=O) groups excluding carboxylic acids is 1. The van der Waals surface area contributed by atoms with E-state index in [1.807, 2.05) is 84.9 Å². The average Bonchev–Trinajstić information content (AvgIpc) is 2.88. The van der Waals surface area contributed by atoms with Gasteiger partial charge in [-0.2, -0.15) is 5.26 Å². The number of nitrogens with one attached hydrogen (secondary N) is 1. The van der Waals surface area contributed by atoms with E-state index >= 15 is 0 Å². The number of pyridine rings is 1. The molecule has 0 saturated carbocycles. The summed E-state index contributed by atoms with van der Waals surface area (Å²) in [5.74, 6) is 0.594. The monoisotopic (exact) mass is 529 g/mol. The van der Waals surface area contributed by atoms with Crippen LogP contribution in [0.4, 0.5) is 5.69 Å². The molecule has 0 aliphatic rings. The number of halogens is 1. The van der Waals surface area contributed by atoms with Crippen molar-refractivity contribution in [3.63, 3.8) is 0 Å². The van der Waals surface area contributed by atoms with Gasteiger partial charge in [-0.1, -0.05) is 76.2 Å². The Morgan fingerprint density at radius 3 is 2.44 bits per heavy atom. The Hall–Kier alpha value is -3.60. The van der Waals surface area contributed by atoms with Crippen LogP contribution in [-0.4, -0.2) is 23.8 Å². The number of hydrogen-bond donors (Lipinski definition) is 1. The lowest BCUT2D eigenvalue weighted by atomic mass is 9.98. The maximum atomic E-state index is 12.6. The van der Waals surface area contributed by atoms with Crippen molar-refractivity contribution in [2.24, 2.45) is 0 Å². The van der Waals surface area contributed by atoms with Crippen molar-refractivity contribution in [1.82, 2.24) is 4.98 Å². The zero-order valence-corrected chi connectivity index (χ0v) is 20.7. The van der Waals surface area contributed by atoms with Crippen molar-refractivity contribution in [2.75, 3.05) is 18.2 Å². The number of ether oxygens (including phenoxy) is 1. The number of para-hydroxylation sites is 1. The smallest absolute Gasteiger partial charge is 0.234 e. The summed E-state index contributed by atoms with van der Waals surface area (Å²) in [4.78, 5) is 17.4. The van der Waals surface area contributed by atoms with E-state index in [9.17, 15) is 10.1 Å². The number of aromatic nitrogens is 1. The minimum absolute atomic E-state index is 0.112. The molecule has 1 amide bonds. The topological polar surface area (TPSA) is 75.0 Å². The third-order valence-electron chi connectivity index (χ3n) is 5.03. The Bertz CT molecular complexity index is 1350. The zero-order chi connectivity index (χ0) is 23.9. The highest BCUT2D eigenvalue weighted by molar-refractivity contribution is 9.10. The first-order chi connectivity index (χ1) is 16.6. The largest absolute Gasteiger partial charge is 0.496 e. The second-order valence-corrected chi connectivity index (χ2v) is 9.14. The van der Waals surface area contributed by atoms with Crippen LogP contribution in [0.25, 0.3) is 22.4 Å². The fourth-order valence-electron chi connectivity index (χ4n) is 3.43. The summed E-state index contributed by atoms with van der Waals surface area (Å²) >= 11 is 4.62. The van der Waals surface area contributed by atoms with Crippen molar-refractivity contribution in [3.8, 4) is 34.2 Å². The van der Waals surface area contributed by atoms with E-state index in [0.717, 1.165) is 21.3 Å². The van der Waals surface area contributed by atoms with E-state index in [0.29, 0.717) is 27.6 Å². The number of nitriles is 1. The summed E-state index contributed by atoms with van der Waals surface area (Å²) in [6, 6.07) is 28.9. The van der Waals surface area contributed by atoms with Crippen molar-refractivity contribution in [2.45, 2.75) is 5.03 Å². The highest BCUT2D eigenvalue weighted by atomic mass is 79.9. The Morgan fingerprint density at radius 1 is 1.03 bits per heavy atom. The van der Waals surface area contributed by atoms with Gasteiger partial charge >= 0.3 is 0 Å². The first-order valence-electron chi connectivity index (χ1n) is 10.4. The molecule has 0 aliphatic heterocycles. The van der Waals surface area contributed by atoms with E-state index < -0.39 is 0 Å². The number of methoxy groups -OCH3 is 1. The molecule has 0 bridgehead atoms. The maximum absolute atomic E-state index is 12.6. The zero-order valence-electron chi connectivity index (χ0n) is 18.3. The van der Waals surface area contributed by atoms with E-state index in [4.69, 9.17) is 9.72 Å². The first-order valence-corrected chi connectivity index (χ1v) is 12.2.